The van der Waals surface area contributed by atoms with Crippen LogP contribution in [0.5, 0.6) is 0 Å². The van der Waals surface area contributed by atoms with Gasteiger partial charge < -0.3 is 10.6 Å². The minimum absolute atomic E-state index is 0.269. The molecule has 5 nitrogen and oxygen atoms in total. The molecular formula is C19H17F3N4O. The van der Waals surface area contributed by atoms with E-state index in [1.807, 2.05) is 4.90 Å². The Morgan fingerprint density at radius 1 is 1.22 bits per heavy atom. The van der Waals surface area contributed by atoms with E-state index in [9.17, 15) is 18.0 Å². The van der Waals surface area contributed by atoms with Gasteiger partial charge in [-0.15, -0.1) is 0 Å². The molecule has 4 rings (SSSR count). The van der Waals surface area contributed by atoms with Crippen LogP contribution in [-0.2, 0) is 6.18 Å². The number of aromatic nitrogens is 2. The molecule has 1 aliphatic heterocycles. The largest absolute Gasteiger partial charge is 0.416 e. The van der Waals surface area contributed by atoms with E-state index in [4.69, 9.17) is 5.73 Å². The highest BCUT2D eigenvalue weighted by Gasteiger charge is 2.37. The van der Waals surface area contributed by atoms with Gasteiger partial charge in [0.05, 0.1) is 28.9 Å². The molecule has 0 bridgehead atoms. The molecule has 2 N–H and O–H groups in total. The highest BCUT2D eigenvalue weighted by molar-refractivity contribution is 5.99. The SMILES string of the molecule is NC(=O)c1cnn2ccc(N3CCCC3c3ccccc3C(F)(F)F)cc12. The Balaban J connectivity index is 1.78. The van der Waals surface area contributed by atoms with Crippen molar-refractivity contribution < 1.29 is 18.0 Å². The molecule has 1 aliphatic rings. The number of carbonyl (C=O) groups is 1. The molecule has 3 heterocycles. The summed E-state index contributed by atoms with van der Waals surface area (Å²) < 4.78 is 41.9. The Bertz CT molecular complexity index is 1010. The number of hydrogen-bond donors (Lipinski definition) is 1. The van der Waals surface area contributed by atoms with Crippen LogP contribution in [-0.4, -0.2) is 22.1 Å². The summed E-state index contributed by atoms with van der Waals surface area (Å²) in [5, 5.41) is 4.08. The molecule has 1 aromatic carbocycles. The minimum atomic E-state index is -4.40. The van der Waals surface area contributed by atoms with Gasteiger partial charge in [0.1, 0.15) is 0 Å². The van der Waals surface area contributed by atoms with Gasteiger partial charge in [0.25, 0.3) is 5.91 Å². The third-order valence-corrected chi connectivity index (χ3v) is 4.98. The van der Waals surface area contributed by atoms with Crippen molar-refractivity contribution in [3.8, 4) is 0 Å². The molecule has 3 aromatic rings. The van der Waals surface area contributed by atoms with E-state index in [0.717, 1.165) is 18.2 Å². The summed E-state index contributed by atoms with van der Waals surface area (Å²) in [6, 6.07) is 8.86. The predicted octanol–water partition coefficient (Wildman–Crippen LogP) is 3.79. The molecular weight excluding hydrogens is 357 g/mol. The van der Waals surface area contributed by atoms with Crippen LogP contribution in [0, 0.1) is 0 Å². The number of anilines is 1. The highest BCUT2D eigenvalue weighted by atomic mass is 19.4. The lowest BCUT2D eigenvalue weighted by Gasteiger charge is -2.29. The second-order valence-corrected chi connectivity index (χ2v) is 6.57. The number of pyridine rings is 1. The number of rotatable bonds is 3. The molecule has 0 spiro atoms. The summed E-state index contributed by atoms with van der Waals surface area (Å²) in [5.41, 5.74) is 6.60. The summed E-state index contributed by atoms with van der Waals surface area (Å²) in [4.78, 5) is 13.5. The molecule has 0 saturated carbocycles. The van der Waals surface area contributed by atoms with E-state index in [-0.39, 0.29) is 17.2 Å². The van der Waals surface area contributed by atoms with Crippen LogP contribution in [0.4, 0.5) is 18.9 Å². The second-order valence-electron chi connectivity index (χ2n) is 6.57. The molecule has 8 heteroatoms. The van der Waals surface area contributed by atoms with Gasteiger partial charge in [0, 0.05) is 18.4 Å². The maximum atomic E-state index is 13.5. The Kier molecular flexibility index (Phi) is 4.05. The van der Waals surface area contributed by atoms with Crippen LogP contribution < -0.4 is 10.6 Å². The fourth-order valence-corrected chi connectivity index (χ4v) is 3.78. The van der Waals surface area contributed by atoms with Crippen LogP contribution in [0.3, 0.4) is 0 Å². The van der Waals surface area contributed by atoms with Gasteiger partial charge in [-0.2, -0.15) is 18.3 Å². The topological polar surface area (TPSA) is 63.6 Å². The summed E-state index contributed by atoms with van der Waals surface area (Å²) >= 11 is 0. The molecule has 140 valence electrons. The van der Waals surface area contributed by atoms with Gasteiger partial charge >= 0.3 is 6.18 Å². The first-order valence-corrected chi connectivity index (χ1v) is 8.56. The minimum Gasteiger partial charge on any atom is -0.365 e. The highest BCUT2D eigenvalue weighted by Crippen LogP contribution is 2.42. The zero-order valence-electron chi connectivity index (χ0n) is 14.3. The van der Waals surface area contributed by atoms with Crippen LogP contribution in [0.25, 0.3) is 5.52 Å². The van der Waals surface area contributed by atoms with E-state index in [1.54, 1.807) is 24.4 Å². The number of nitrogens with zero attached hydrogens (tertiary/aromatic N) is 3. The Hall–Kier alpha value is -3.03. The van der Waals surface area contributed by atoms with Crippen molar-refractivity contribution in [1.29, 1.82) is 0 Å². The van der Waals surface area contributed by atoms with Crippen LogP contribution in [0.1, 0.15) is 40.4 Å². The van der Waals surface area contributed by atoms with Gasteiger partial charge in [-0.05, 0) is 36.6 Å². The van der Waals surface area contributed by atoms with Crippen molar-refractivity contribution in [2.45, 2.75) is 25.1 Å². The quantitative estimate of drug-likeness (QED) is 0.759. The maximum Gasteiger partial charge on any atom is 0.416 e. The number of fused-ring (bicyclic) bond motifs is 1. The molecule has 0 aliphatic carbocycles. The lowest BCUT2D eigenvalue weighted by atomic mass is 9.97. The van der Waals surface area contributed by atoms with Crippen molar-refractivity contribution in [1.82, 2.24) is 9.61 Å². The molecule has 1 fully saturated rings. The van der Waals surface area contributed by atoms with E-state index >= 15 is 0 Å². The normalized spacial score (nSPS) is 17.6. The summed E-state index contributed by atoms with van der Waals surface area (Å²) in [6.45, 7) is 0.632. The van der Waals surface area contributed by atoms with Crippen molar-refractivity contribution in [3.63, 3.8) is 0 Å². The molecule has 1 atom stereocenters. The number of alkyl halides is 3. The van der Waals surface area contributed by atoms with Crippen molar-refractivity contribution in [3.05, 3.63) is 65.5 Å². The number of halogens is 3. The van der Waals surface area contributed by atoms with E-state index in [1.165, 1.54) is 22.8 Å². The standard InChI is InChI=1S/C19H17F3N4O/c20-19(21,22)15-5-2-1-4-13(15)16-6-3-8-25(16)12-7-9-26-17(10-12)14(11-24-26)18(23)27/h1-2,4-5,7,9-11,16H,3,6,8H2,(H2,23,27). The smallest absolute Gasteiger partial charge is 0.365 e. The first-order valence-electron chi connectivity index (χ1n) is 8.56. The lowest BCUT2D eigenvalue weighted by Crippen LogP contribution is -2.25. The molecule has 27 heavy (non-hydrogen) atoms. The van der Waals surface area contributed by atoms with Gasteiger partial charge in [-0.3, -0.25) is 4.79 Å². The van der Waals surface area contributed by atoms with E-state index < -0.39 is 17.6 Å². The van der Waals surface area contributed by atoms with Crippen LogP contribution in [0.2, 0.25) is 0 Å². The number of amides is 1. The predicted molar refractivity (Wildman–Crippen MR) is 94.5 cm³/mol. The van der Waals surface area contributed by atoms with E-state index in [2.05, 4.69) is 5.10 Å². The van der Waals surface area contributed by atoms with Gasteiger partial charge in [-0.25, -0.2) is 4.52 Å². The average molecular weight is 374 g/mol. The van der Waals surface area contributed by atoms with Crippen molar-refractivity contribution in [2.24, 2.45) is 5.73 Å². The first-order chi connectivity index (χ1) is 12.9. The third kappa shape index (κ3) is 3.01. The molecule has 1 amide bonds. The fraction of sp³-hybridized carbons (Fsp3) is 0.263. The van der Waals surface area contributed by atoms with Gasteiger partial charge in [0.2, 0.25) is 0 Å². The maximum absolute atomic E-state index is 13.5. The van der Waals surface area contributed by atoms with Crippen LogP contribution in [0.15, 0.2) is 48.8 Å². The molecule has 0 radical (unpaired) electrons. The number of hydrogen-bond acceptors (Lipinski definition) is 3. The number of primary amides is 1. The number of carbonyl (C=O) groups excluding carboxylic acids is 1. The molecule has 1 saturated heterocycles. The number of benzene rings is 1. The summed E-state index contributed by atoms with van der Waals surface area (Å²) in [7, 11) is 0. The third-order valence-electron chi connectivity index (χ3n) is 4.98. The Morgan fingerprint density at radius 3 is 2.74 bits per heavy atom. The molecule has 2 aromatic heterocycles. The number of nitrogens with two attached hydrogens (primary N) is 1. The Labute approximate surface area is 153 Å². The van der Waals surface area contributed by atoms with Gasteiger partial charge in [0.15, 0.2) is 0 Å². The van der Waals surface area contributed by atoms with E-state index in [0.29, 0.717) is 18.5 Å². The lowest BCUT2D eigenvalue weighted by molar-refractivity contribution is -0.138. The van der Waals surface area contributed by atoms with Crippen molar-refractivity contribution in [2.75, 3.05) is 11.4 Å². The summed E-state index contributed by atoms with van der Waals surface area (Å²) in [6.07, 6.45) is 0.0770. The van der Waals surface area contributed by atoms with Crippen LogP contribution >= 0.6 is 0 Å². The zero-order valence-corrected chi connectivity index (χ0v) is 14.3. The van der Waals surface area contributed by atoms with Crippen molar-refractivity contribution >= 4 is 17.1 Å². The second kappa shape index (κ2) is 6.29. The molecule has 1 unspecified atom stereocenters. The Morgan fingerprint density at radius 2 is 2.00 bits per heavy atom. The fourth-order valence-electron chi connectivity index (χ4n) is 3.78. The van der Waals surface area contributed by atoms with Gasteiger partial charge in [-0.1, -0.05) is 18.2 Å². The first kappa shape index (κ1) is 17.4. The summed E-state index contributed by atoms with van der Waals surface area (Å²) in [5.74, 6) is -0.595. The zero-order chi connectivity index (χ0) is 19.2. The average Bonchev–Trinajstić information content (AvgIpc) is 3.27. The monoisotopic (exact) mass is 374 g/mol.